The predicted octanol–water partition coefficient (Wildman–Crippen LogP) is 4.04. The molecule has 2 aromatic carbocycles. The molecule has 6 heteroatoms. The number of aromatic hydroxyl groups is 1. The van der Waals surface area contributed by atoms with Crippen LogP contribution in [-0.4, -0.2) is 11.0 Å². The molecule has 0 aromatic heterocycles. The van der Waals surface area contributed by atoms with Gasteiger partial charge >= 0.3 is 0 Å². The summed E-state index contributed by atoms with van der Waals surface area (Å²) in [6.07, 6.45) is 0. The first-order chi connectivity index (χ1) is 8.97. The number of amides is 1. The van der Waals surface area contributed by atoms with Crippen LogP contribution >= 0.6 is 34.2 Å². The molecule has 2 rings (SSSR count). The van der Waals surface area contributed by atoms with E-state index in [1.165, 1.54) is 24.3 Å². The topological polar surface area (TPSA) is 49.3 Å². The van der Waals surface area contributed by atoms with E-state index in [4.69, 9.17) is 11.6 Å². The van der Waals surface area contributed by atoms with Crippen LogP contribution in [0.3, 0.4) is 0 Å². The summed E-state index contributed by atoms with van der Waals surface area (Å²) in [6.45, 7) is 0. The molecule has 2 N–H and O–H groups in total. The van der Waals surface area contributed by atoms with Crippen molar-refractivity contribution in [3.05, 3.63) is 56.4 Å². The molecule has 0 aliphatic rings. The Morgan fingerprint density at radius 1 is 1.26 bits per heavy atom. The number of halogens is 3. The smallest absolute Gasteiger partial charge is 0.259 e. The minimum atomic E-state index is -0.600. The van der Waals surface area contributed by atoms with Gasteiger partial charge in [-0.3, -0.25) is 4.79 Å². The molecule has 0 aliphatic carbocycles. The minimum Gasteiger partial charge on any atom is -0.507 e. The molecular formula is C13H8ClFINO2. The van der Waals surface area contributed by atoms with Crippen LogP contribution in [0, 0.1) is 9.39 Å². The number of carbonyl (C=O) groups is 1. The molecule has 2 aromatic rings. The third-order valence-electron chi connectivity index (χ3n) is 2.38. The zero-order valence-corrected chi connectivity index (χ0v) is 12.4. The zero-order chi connectivity index (χ0) is 14.0. The summed E-state index contributed by atoms with van der Waals surface area (Å²) in [5.74, 6) is -1.36. The van der Waals surface area contributed by atoms with E-state index in [1.807, 2.05) is 22.6 Å². The van der Waals surface area contributed by atoms with Gasteiger partial charge < -0.3 is 10.4 Å². The van der Waals surface area contributed by atoms with Crippen molar-refractivity contribution in [2.24, 2.45) is 0 Å². The molecule has 0 atom stereocenters. The fraction of sp³-hybridized carbons (Fsp3) is 0. The summed E-state index contributed by atoms with van der Waals surface area (Å²) in [5.41, 5.74) is 0.0436. The van der Waals surface area contributed by atoms with Crippen molar-refractivity contribution in [2.75, 3.05) is 5.32 Å². The van der Waals surface area contributed by atoms with Gasteiger partial charge in [0.2, 0.25) is 0 Å². The number of hydrogen-bond acceptors (Lipinski definition) is 2. The van der Waals surface area contributed by atoms with Gasteiger partial charge in [0.05, 0.1) is 11.3 Å². The van der Waals surface area contributed by atoms with Crippen LogP contribution < -0.4 is 5.32 Å². The van der Waals surface area contributed by atoms with Crippen molar-refractivity contribution >= 4 is 45.8 Å². The molecule has 0 saturated heterocycles. The molecule has 0 heterocycles. The van der Waals surface area contributed by atoms with Crippen LogP contribution in [0.4, 0.5) is 10.1 Å². The maximum atomic E-state index is 13.5. The van der Waals surface area contributed by atoms with Crippen LogP contribution in [0.1, 0.15) is 10.4 Å². The Morgan fingerprint density at radius 2 is 2.00 bits per heavy atom. The van der Waals surface area contributed by atoms with E-state index >= 15 is 0 Å². The Labute approximate surface area is 127 Å². The van der Waals surface area contributed by atoms with Crippen molar-refractivity contribution < 1.29 is 14.3 Å². The lowest BCUT2D eigenvalue weighted by molar-refractivity contribution is 0.102. The quantitative estimate of drug-likeness (QED) is 0.759. The van der Waals surface area contributed by atoms with Crippen LogP contribution in [0.2, 0.25) is 5.02 Å². The third-order valence-corrected chi connectivity index (χ3v) is 3.29. The average molecular weight is 392 g/mol. The average Bonchev–Trinajstić information content (AvgIpc) is 2.36. The van der Waals surface area contributed by atoms with Gasteiger partial charge in [0.15, 0.2) is 0 Å². The summed E-state index contributed by atoms with van der Waals surface area (Å²) < 4.78 is 14.3. The van der Waals surface area contributed by atoms with Gasteiger partial charge in [-0.05, 0) is 59.0 Å². The van der Waals surface area contributed by atoms with Crippen molar-refractivity contribution in [1.82, 2.24) is 0 Å². The monoisotopic (exact) mass is 391 g/mol. The standard InChI is InChI=1S/C13H8ClFINO2/c14-7-1-3-10(15)11(5-7)17-13(19)9-6-8(16)2-4-12(9)18/h1-6,18H,(H,17,19). The number of carbonyl (C=O) groups excluding carboxylic acids is 1. The first kappa shape index (κ1) is 14.1. The number of nitrogens with one attached hydrogen (secondary N) is 1. The first-order valence-corrected chi connectivity index (χ1v) is 6.68. The van der Waals surface area contributed by atoms with Crippen molar-refractivity contribution in [1.29, 1.82) is 0 Å². The summed E-state index contributed by atoms with van der Waals surface area (Å²) in [5, 5.41) is 12.3. The lowest BCUT2D eigenvalue weighted by atomic mass is 10.2. The minimum absolute atomic E-state index is 0.0317. The molecule has 0 fully saturated rings. The number of anilines is 1. The highest BCUT2D eigenvalue weighted by molar-refractivity contribution is 14.1. The van der Waals surface area contributed by atoms with Gasteiger partial charge in [-0.15, -0.1) is 0 Å². The van der Waals surface area contributed by atoms with Crippen LogP contribution in [0.5, 0.6) is 5.75 Å². The molecule has 0 bridgehead atoms. The second-order valence-electron chi connectivity index (χ2n) is 3.74. The Morgan fingerprint density at radius 3 is 2.74 bits per heavy atom. The van der Waals surface area contributed by atoms with Crippen molar-refractivity contribution in [3.8, 4) is 5.75 Å². The lowest BCUT2D eigenvalue weighted by Gasteiger charge is -2.08. The van der Waals surface area contributed by atoms with E-state index in [9.17, 15) is 14.3 Å². The number of hydrogen-bond donors (Lipinski definition) is 2. The number of rotatable bonds is 2. The molecule has 0 aliphatic heterocycles. The number of phenolic OH excluding ortho intramolecular Hbond substituents is 1. The molecule has 0 unspecified atom stereocenters. The van der Waals surface area contributed by atoms with E-state index in [1.54, 1.807) is 6.07 Å². The Balaban J connectivity index is 2.30. The largest absolute Gasteiger partial charge is 0.507 e. The van der Waals surface area contributed by atoms with Crippen LogP contribution in [0.25, 0.3) is 0 Å². The van der Waals surface area contributed by atoms with Gasteiger partial charge in [-0.25, -0.2) is 4.39 Å². The highest BCUT2D eigenvalue weighted by Gasteiger charge is 2.14. The molecule has 0 spiro atoms. The SMILES string of the molecule is O=C(Nc1cc(Cl)ccc1F)c1cc(I)ccc1O. The van der Waals surface area contributed by atoms with E-state index in [2.05, 4.69) is 5.32 Å². The Kier molecular flexibility index (Phi) is 4.26. The Hall–Kier alpha value is -1.34. The van der Waals surface area contributed by atoms with Crippen LogP contribution in [-0.2, 0) is 0 Å². The second-order valence-corrected chi connectivity index (χ2v) is 5.42. The maximum absolute atomic E-state index is 13.5. The molecule has 98 valence electrons. The molecule has 0 radical (unpaired) electrons. The second kappa shape index (κ2) is 5.75. The Bertz CT molecular complexity index is 649. The third kappa shape index (κ3) is 3.36. The summed E-state index contributed by atoms with van der Waals surface area (Å²) in [6, 6.07) is 8.42. The molecule has 0 saturated carbocycles. The van der Waals surface area contributed by atoms with Gasteiger partial charge in [-0.1, -0.05) is 11.6 Å². The molecular weight excluding hydrogens is 384 g/mol. The maximum Gasteiger partial charge on any atom is 0.259 e. The lowest BCUT2D eigenvalue weighted by Crippen LogP contribution is -2.13. The number of phenols is 1. The zero-order valence-electron chi connectivity index (χ0n) is 9.45. The van der Waals surface area contributed by atoms with Crippen LogP contribution in [0.15, 0.2) is 36.4 Å². The fourth-order valence-electron chi connectivity index (χ4n) is 1.47. The molecule has 3 nitrogen and oxygen atoms in total. The highest BCUT2D eigenvalue weighted by Crippen LogP contribution is 2.23. The van der Waals surface area contributed by atoms with Crippen molar-refractivity contribution in [3.63, 3.8) is 0 Å². The molecule has 19 heavy (non-hydrogen) atoms. The van der Waals surface area contributed by atoms with Gasteiger partial charge in [0, 0.05) is 8.59 Å². The molecule has 1 amide bonds. The summed E-state index contributed by atoms with van der Waals surface area (Å²) in [7, 11) is 0. The first-order valence-electron chi connectivity index (χ1n) is 5.22. The summed E-state index contributed by atoms with van der Waals surface area (Å²) in [4.78, 5) is 12.0. The van der Waals surface area contributed by atoms with E-state index in [0.717, 1.165) is 9.64 Å². The van der Waals surface area contributed by atoms with Gasteiger partial charge in [-0.2, -0.15) is 0 Å². The van der Waals surface area contributed by atoms with Gasteiger partial charge in [0.1, 0.15) is 11.6 Å². The van der Waals surface area contributed by atoms with E-state index in [0.29, 0.717) is 5.02 Å². The van der Waals surface area contributed by atoms with E-state index < -0.39 is 11.7 Å². The highest BCUT2D eigenvalue weighted by atomic mass is 127. The summed E-state index contributed by atoms with van der Waals surface area (Å²) >= 11 is 7.75. The van der Waals surface area contributed by atoms with Crippen molar-refractivity contribution in [2.45, 2.75) is 0 Å². The predicted molar refractivity (Wildman–Crippen MR) is 80.2 cm³/mol. The van der Waals surface area contributed by atoms with Gasteiger partial charge in [0.25, 0.3) is 5.91 Å². The normalized spacial score (nSPS) is 10.3. The number of benzene rings is 2. The fourth-order valence-corrected chi connectivity index (χ4v) is 2.14. The van der Waals surface area contributed by atoms with E-state index in [-0.39, 0.29) is 17.0 Å².